The van der Waals surface area contributed by atoms with Gasteiger partial charge in [-0.1, -0.05) is 0 Å². The Labute approximate surface area is 106 Å². The predicted octanol–water partition coefficient (Wildman–Crippen LogP) is 1.63. The van der Waals surface area contributed by atoms with Crippen molar-refractivity contribution in [2.24, 2.45) is 0 Å². The molecule has 4 nitrogen and oxygen atoms in total. The molecule has 0 N–H and O–H groups in total. The van der Waals surface area contributed by atoms with Crippen LogP contribution in [0.5, 0.6) is 0 Å². The summed E-state index contributed by atoms with van der Waals surface area (Å²) in [5.41, 5.74) is 0.879. The standard InChI is InChI=1S/C12H18N2O2S/c1-8-6-16-9(2)5-14(8)12(15)4-11-7-17-10(3)13-11/h7-9H,4-6H2,1-3H3. The molecule has 0 saturated carbocycles. The van der Waals surface area contributed by atoms with E-state index in [0.717, 1.165) is 10.7 Å². The summed E-state index contributed by atoms with van der Waals surface area (Å²) in [5.74, 6) is 0.151. The molecule has 2 heterocycles. The van der Waals surface area contributed by atoms with Gasteiger partial charge in [-0.2, -0.15) is 0 Å². The average molecular weight is 254 g/mol. The molecular weight excluding hydrogens is 236 g/mol. The summed E-state index contributed by atoms with van der Waals surface area (Å²) in [6, 6.07) is 0.165. The highest BCUT2D eigenvalue weighted by atomic mass is 32.1. The van der Waals surface area contributed by atoms with Gasteiger partial charge in [0.25, 0.3) is 0 Å². The van der Waals surface area contributed by atoms with Gasteiger partial charge in [0.05, 0.1) is 35.9 Å². The number of hydrogen-bond acceptors (Lipinski definition) is 4. The Morgan fingerprint density at radius 1 is 1.65 bits per heavy atom. The number of carbonyl (C=O) groups is 1. The number of hydrogen-bond donors (Lipinski definition) is 0. The number of aromatic nitrogens is 1. The zero-order valence-corrected chi connectivity index (χ0v) is 11.3. The van der Waals surface area contributed by atoms with Crippen LogP contribution in [-0.4, -0.2) is 41.1 Å². The largest absolute Gasteiger partial charge is 0.375 e. The Balaban J connectivity index is 1.99. The molecule has 1 aliphatic rings. The van der Waals surface area contributed by atoms with Gasteiger partial charge in [-0.25, -0.2) is 4.98 Å². The van der Waals surface area contributed by atoms with E-state index < -0.39 is 0 Å². The van der Waals surface area contributed by atoms with Crippen LogP contribution in [0.2, 0.25) is 0 Å². The zero-order chi connectivity index (χ0) is 12.4. The molecule has 0 spiro atoms. The number of ether oxygens (including phenoxy) is 1. The second kappa shape index (κ2) is 5.14. The molecule has 2 atom stereocenters. The number of thiazole rings is 1. The molecule has 1 saturated heterocycles. The molecule has 0 aromatic carbocycles. The van der Waals surface area contributed by atoms with Gasteiger partial charge in [-0.3, -0.25) is 4.79 Å². The molecule has 1 amide bonds. The molecule has 17 heavy (non-hydrogen) atoms. The van der Waals surface area contributed by atoms with Crippen LogP contribution < -0.4 is 0 Å². The van der Waals surface area contributed by atoms with E-state index in [1.807, 2.05) is 31.1 Å². The molecule has 94 valence electrons. The lowest BCUT2D eigenvalue weighted by Crippen LogP contribution is -2.50. The molecular formula is C12H18N2O2S. The molecule has 2 unspecified atom stereocenters. The minimum atomic E-state index is 0.132. The van der Waals surface area contributed by atoms with Gasteiger partial charge in [0.1, 0.15) is 0 Å². The highest BCUT2D eigenvalue weighted by Crippen LogP contribution is 2.15. The van der Waals surface area contributed by atoms with Gasteiger partial charge in [0, 0.05) is 11.9 Å². The van der Waals surface area contributed by atoms with Crippen LogP contribution in [0.15, 0.2) is 5.38 Å². The van der Waals surface area contributed by atoms with Crippen molar-refractivity contribution in [1.82, 2.24) is 9.88 Å². The molecule has 0 bridgehead atoms. The Bertz CT molecular complexity index is 405. The Morgan fingerprint density at radius 3 is 3.06 bits per heavy atom. The number of morpholine rings is 1. The van der Waals surface area contributed by atoms with E-state index in [1.165, 1.54) is 0 Å². The lowest BCUT2D eigenvalue weighted by molar-refractivity contribution is -0.142. The van der Waals surface area contributed by atoms with Crippen molar-refractivity contribution in [2.75, 3.05) is 13.2 Å². The van der Waals surface area contributed by atoms with Crippen molar-refractivity contribution in [3.05, 3.63) is 16.1 Å². The average Bonchev–Trinajstić information content (AvgIpc) is 2.67. The number of carbonyl (C=O) groups excluding carboxylic acids is 1. The van der Waals surface area contributed by atoms with E-state index in [9.17, 15) is 4.79 Å². The summed E-state index contributed by atoms with van der Waals surface area (Å²) in [4.78, 5) is 18.4. The van der Waals surface area contributed by atoms with E-state index in [1.54, 1.807) is 11.3 Å². The van der Waals surface area contributed by atoms with Crippen molar-refractivity contribution >= 4 is 17.2 Å². The second-order valence-electron chi connectivity index (χ2n) is 4.57. The number of aryl methyl sites for hydroxylation is 1. The minimum absolute atomic E-state index is 0.132. The third-order valence-corrected chi connectivity index (χ3v) is 3.75. The summed E-state index contributed by atoms with van der Waals surface area (Å²) in [7, 11) is 0. The van der Waals surface area contributed by atoms with Crippen molar-refractivity contribution in [1.29, 1.82) is 0 Å². The fraction of sp³-hybridized carbons (Fsp3) is 0.667. The summed E-state index contributed by atoms with van der Waals surface area (Å²) in [6.45, 7) is 7.29. The monoisotopic (exact) mass is 254 g/mol. The smallest absolute Gasteiger partial charge is 0.229 e. The molecule has 5 heteroatoms. The molecule has 1 aliphatic heterocycles. The first-order valence-electron chi connectivity index (χ1n) is 5.88. The summed E-state index contributed by atoms with van der Waals surface area (Å²) >= 11 is 1.59. The van der Waals surface area contributed by atoms with Crippen LogP contribution in [0.1, 0.15) is 24.5 Å². The van der Waals surface area contributed by atoms with Gasteiger partial charge in [-0.05, 0) is 20.8 Å². The molecule has 1 aromatic rings. The quantitative estimate of drug-likeness (QED) is 0.805. The maximum absolute atomic E-state index is 12.2. The first-order valence-corrected chi connectivity index (χ1v) is 6.76. The maximum atomic E-state index is 12.2. The lowest BCUT2D eigenvalue weighted by atomic mass is 10.2. The van der Waals surface area contributed by atoms with Gasteiger partial charge in [-0.15, -0.1) is 11.3 Å². The Kier molecular flexibility index (Phi) is 3.79. The first kappa shape index (κ1) is 12.5. The molecule has 0 aliphatic carbocycles. The van der Waals surface area contributed by atoms with E-state index >= 15 is 0 Å². The van der Waals surface area contributed by atoms with Crippen molar-refractivity contribution < 1.29 is 9.53 Å². The SMILES string of the molecule is Cc1nc(CC(=O)N2CC(C)OCC2C)cs1. The summed E-state index contributed by atoms with van der Waals surface area (Å²) in [6.07, 6.45) is 0.536. The normalized spacial score (nSPS) is 25.0. The lowest BCUT2D eigenvalue weighted by Gasteiger charge is -2.36. The van der Waals surface area contributed by atoms with Gasteiger partial charge < -0.3 is 9.64 Å². The summed E-state index contributed by atoms with van der Waals surface area (Å²) in [5, 5.41) is 2.97. The van der Waals surface area contributed by atoms with E-state index in [4.69, 9.17) is 4.74 Å². The second-order valence-corrected chi connectivity index (χ2v) is 5.64. The van der Waals surface area contributed by atoms with Crippen LogP contribution in [0.4, 0.5) is 0 Å². The van der Waals surface area contributed by atoms with Crippen molar-refractivity contribution in [2.45, 2.75) is 39.3 Å². The third kappa shape index (κ3) is 3.04. The third-order valence-electron chi connectivity index (χ3n) is 2.93. The number of nitrogens with zero attached hydrogens (tertiary/aromatic N) is 2. The fourth-order valence-electron chi connectivity index (χ4n) is 2.00. The van der Waals surface area contributed by atoms with Crippen LogP contribution in [0, 0.1) is 6.92 Å². The highest BCUT2D eigenvalue weighted by Gasteiger charge is 2.27. The first-order chi connectivity index (χ1) is 8.06. The topological polar surface area (TPSA) is 42.4 Å². The van der Waals surface area contributed by atoms with Crippen molar-refractivity contribution in [3.8, 4) is 0 Å². The van der Waals surface area contributed by atoms with Gasteiger partial charge in [0.2, 0.25) is 5.91 Å². The Hall–Kier alpha value is -0.940. The minimum Gasteiger partial charge on any atom is -0.375 e. The van der Waals surface area contributed by atoms with Crippen LogP contribution in [-0.2, 0) is 16.0 Å². The maximum Gasteiger partial charge on any atom is 0.229 e. The van der Waals surface area contributed by atoms with Crippen LogP contribution in [0.3, 0.4) is 0 Å². The van der Waals surface area contributed by atoms with Crippen molar-refractivity contribution in [3.63, 3.8) is 0 Å². The van der Waals surface area contributed by atoms with E-state index in [2.05, 4.69) is 4.98 Å². The summed E-state index contributed by atoms with van der Waals surface area (Å²) < 4.78 is 5.52. The van der Waals surface area contributed by atoms with Crippen LogP contribution in [0.25, 0.3) is 0 Å². The fourth-order valence-corrected chi connectivity index (χ4v) is 2.61. The molecule has 1 aromatic heterocycles. The number of amides is 1. The van der Waals surface area contributed by atoms with E-state index in [0.29, 0.717) is 19.6 Å². The Morgan fingerprint density at radius 2 is 2.41 bits per heavy atom. The predicted molar refractivity (Wildman–Crippen MR) is 67.1 cm³/mol. The van der Waals surface area contributed by atoms with E-state index in [-0.39, 0.29) is 18.1 Å². The molecule has 0 radical (unpaired) electrons. The van der Waals surface area contributed by atoms with Gasteiger partial charge >= 0.3 is 0 Å². The highest BCUT2D eigenvalue weighted by molar-refractivity contribution is 7.09. The molecule has 1 fully saturated rings. The van der Waals surface area contributed by atoms with Gasteiger partial charge in [0.15, 0.2) is 0 Å². The number of rotatable bonds is 2. The zero-order valence-electron chi connectivity index (χ0n) is 10.5. The molecule has 2 rings (SSSR count). The van der Waals surface area contributed by atoms with Crippen LogP contribution >= 0.6 is 11.3 Å².